The topological polar surface area (TPSA) is 38.8 Å². The minimum absolute atomic E-state index is 0.0876. The van der Waals surface area contributed by atoms with E-state index in [1.54, 1.807) is 25.2 Å². The van der Waals surface area contributed by atoms with Crippen molar-refractivity contribution >= 4 is 17.2 Å². The maximum atomic E-state index is 13.2. The van der Waals surface area contributed by atoms with Gasteiger partial charge in [-0.25, -0.2) is 0 Å². The second-order valence-corrected chi connectivity index (χ2v) is 6.64. The van der Waals surface area contributed by atoms with Crippen LogP contribution in [0.3, 0.4) is 0 Å². The van der Waals surface area contributed by atoms with E-state index in [9.17, 15) is 4.79 Å². The summed E-state index contributed by atoms with van der Waals surface area (Å²) in [6.07, 6.45) is 1.65. The molecule has 0 atom stereocenters. The van der Waals surface area contributed by atoms with Gasteiger partial charge in [0.2, 0.25) is 0 Å². The Balaban J connectivity index is 1.93. The number of amides is 1. The first-order chi connectivity index (χ1) is 14.1. The third-order valence-corrected chi connectivity index (χ3v) is 4.69. The zero-order valence-corrected chi connectivity index (χ0v) is 17.0. The van der Waals surface area contributed by atoms with Crippen LogP contribution in [0.25, 0.3) is 5.57 Å². The number of methoxy groups -OCH3 is 2. The summed E-state index contributed by atoms with van der Waals surface area (Å²) < 4.78 is 10.7. The molecule has 0 N–H and O–H groups in total. The molecule has 0 aromatic heterocycles. The smallest absolute Gasteiger partial charge is 0.251 e. The predicted octanol–water partition coefficient (Wildman–Crippen LogP) is 5.34. The van der Waals surface area contributed by atoms with Gasteiger partial charge in [-0.2, -0.15) is 0 Å². The number of rotatable bonds is 7. The van der Waals surface area contributed by atoms with Crippen molar-refractivity contribution in [2.75, 3.05) is 19.1 Å². The lowest BCUT2D eigenvalue weighted by atomic mass is 10.0. The number of hydrogen-bond donors (Lipinski definition) is 0. The molecule has 0 saturated carbocycles. The summed E-state index contributed by atoms with van der Waals surface area (Å²) >= 11 is 0. The lowest BCUT2D eigenvalue weighted by Crippen LogP contribution is -2.28. The van der Waals surface area contributed by atoms with Crippen LogP contribution < -0.4 is 14.4 Å². The molecule has 0 fully saturated rings. The van der Waals surface area contributed by atoms with Gasteiger partial charge in [0, 0.05) is 23.4 Å². The number of carbonyl (C=O) groups excluding carboxylic acids is 1. The van der Waals surface area contributed by atoms with Crippen LogP contribution in [0.15, 0.2) is 84.9 Å². The fourth-order valence-electron chi connectivity index (χ4n) is 3.14. The summed E-state index contributed by atoms with van der Waals surface area (Å²) in [4.78, 5) is 15.0. The molecule has 4 nitrogen and oxygen atoms in total. The molecule has 0 aliphatic heterocycles. The molecule has 0 saturated heterocycles. The SMILES string of the molecule is COc1ccc(/C(C)=C/C(=O)N(Cc2ccccc2)c2ccccc2)c(OC)c1. The third-order valence-electron chi connectivity index (χ3n) is 4.69. The van der Waals surface area contributed by atoms with E-state index < -0.39 is 0 Å². The summed E-state index contributed by atoms with van der Waals surface area (Å²) in [7, 11) is 3.22. The highest BCUT2D eigenvalue weighted by Gasteiger charge is 2.16. The van der Waals surface area contributed by atoms with E-state index in [1.807, 2.05) is 85.8 Å². The van der Waals surface area contributed by atoms with Crippen LogP contribution in [0.1, 0.15) is 18.1 Å². The highest BCUT2D eigenvalue weighted by Crippen LogP contribution is 2.30. The van der Waals surface area contributed by atoms with Crippen LogP contribution in [-0.2, 0) is 11.3 Å². The van der Waals surface area contributed by atoms with Crippen LogP contribution in [-0.4, -0.2) is 20.1 Å². The van der Waals surface area contributed by atoms with E-state index in [4.69, 9.17) is 9.47 Å². The molecule has 0 spiro atoms. The molecule has 0 heterocycles. The highest BCUT2D eigenvalue weighted by molar-refractivity contribution is 6.05. The maximum Gasteiger partial charge on any atom is 0.251 e. The molecule has 29 heavy (non-hydrogen) atoms. The van der Waals surface area contributed by atoms with Gasteiger partial charge in [0.05, 0.1) is 20.8 Å². The number of allylic oxidation sites excluding steroid dienone is 1. The van der Waals surface area contributed by atoms with Crippen molar-refractivity contribution in [1.82, 2.24) is 0 Å². The monoisotopic (exact) mass is 387 g/mol. The van der Waals surface area contributed by atoms with E-state index in [0.717, 1.165) is 22.4 Å². The van der Waals surface area contributed by atoms with Gasteiger partial charge < -0.3 is 14.4 Å². The van der Waals surface area contributed by atoms with Crippen LogP contribution in [0.5, 0.6) is 11.5 Å². The van der Waals surface area contributed by atoms with Gasteiger partial charge in [-0.05, 0) is 42.3 Å². The Kier molecular flexibility index (Phi) is 6.69. The van der Waals surface area contributed by atoms with Crippen LogP contribution in [0.2, 0.25) is 0 Å². The average molecular weight is 387 g/mol. The Bertz CT molecular complexity index is 981. The predicted molar refractivity (Wildman–Crippen MR) is 117 cm³/mol. The molecule has 0 unspecified atom stereocenters. The fourth-order valence-corrected chi connectivity index (χ4v) is 3.14. The van der Waals surface area contributed by atoms with Gasteiger partial charge in [-0.15, -0.1) is 0 Å². The Morgan fingerprint density at radius 3 is 2.17 bits per heavy atom. The number of nitrogens with zero attached hydrogens (tertiary/aromatic N) is 1. The second kappa shape index (κ2) is 9.60. The van der Waals surface area contributed by atoms with Gasteiger partial charge in [0.15, 0.2) is 0 Å². The normalized spacial score (nSPS) is 11.1. The van der Waals surface area contributed by atoms with E-state index in [2.05, 4.69) is 0 Å². The first-order valence-corrected chi connectivity index (χ1v) is 9.43. The lowest BCUT2D eigenvalue weighted by molar-refractivity contribution is -0.114. The largest absolute Gasteiger partial charge is 0.497 e. The highest BCUT2D eigenvalue weighted by atomic mass is 16.5. The summed E-state index contributed by atoms with van der Waals surface area (Å²) in [5, 5.41) is 0. The molecule has 0 bridgehead atoms. The molecule has 4 heteroatoms. The molecular formula is C25H25NO3. The second-order valence-electron chi connectivity index (χ2n) is 6.64. The van der Waals surface area contributed by atoms with Crippen LogP contribution in [0, 0.1) is 0 Å². The van der Waals surface area contributed by atoms with Gasteiger partial charge in [-0.1, -0.05) is 48.5 Å². The Hall–Kier alpha value is -3.53. The van der Waals surface area contributed by atoms with Crippen molar-refractivity contribution in [1.29, 1.82) is 0 Å². The lowest BCUT2D eigenvalue weighted by Gasteiger charge is -2.22. The van der Waals surface area contributed by atoms with Crippen LogP contribution >= 0.6 is 0 Å². The molecule has 0 aliphatic rings. The molecular weight excluding hydrogens is 362 g/mol. The molecule has 3 rings (SSSR count). The third kappa shape index (κ3) is 5.05. The Morgan fingerprint density at radius 2 is 1.55 bits per heavy atom. The van der Waals surface area contributed by atoms with Gasteiger partial charge in [0.1, 0.15) is 11.5 Å². The first kappa shape index (κ1) is 20.2. The molecule has 3 aromatic carbocycles. The number of ether oxygens (including phenoxy) is 2. The quantitative estimate of drug-likeness (QED) is 0.514. The summed E-state index contributed by atoms with van der Waals surface area (Å²) in [6, 6.07) is 25.2. The molecule has 148 valence electrons. The van der Waals surface area contributed by atoms with Crippen molar-refractivity contribution in [3.63, 3.8) is 0 Å². The van der Waals surface area contributed by atoms with Crippen molar-refractivity contribution in [3.8, 4) is 11.5 Å². The number of para-hydroxylation sites is 1. The molecule has 1 amide bonds. The zero-order valence-electron chi connectivity index (χ0n) is 17.0. The molecule has 0 aliphatic carbocycles. The van der Waals surface area contributed by atoms with E-state index in [-0.39, 0.29) is 5.91 Å². The minimum Gasteiger partial charge on any atom is -0.497 e. The van der Waals surface area contributed by atoms with Crippen molar-refractivity contribution < 1.29 is 14.3 Å². The Morgan fingerprint density at radius 1 is 0.897 bits per heavy atom. The van der Waals surface area contributed by atoms with Gasteiger partial charge in [0.25, 0.3) is 5.91 Å². The summed E-state index contributed by atoms with van der Waals surface area (Å²) in [5.74, 6) is 1.29. The molecule has 3 aromatic rings. The van der Waals surface area contributed by atoms with E-state index in [1.165, 1.54) is 0 Å². The average Bonchev–Trinajstić information content (AvgIpc) is 2.78. The van der Waals surface area contributed by atoms with Crippen molar-refractivity contribution in [2.45, 2.75) is 13.5 Å². The first-order valence-electron chi connectivity index (χ1n) is 9.43. The maximum absolute atomic E-state index is 13.2. The van der Waals surface area contributed by atoms with Gasteiger partial charge >= 0.3 is 0 Å². The van der Waals surface area contributed by atoms with Crippen LogP contribution in [0.4, 0.5) is 5.69 Å². The summed E-state index contributed by atoms with van der Waals surface area (Å²) in [6.45, 7) is 2.40. The number of carbonyl (C=O) groups is 1. The minimum atomic E-state index is -0.0876. The van der Waals surface area contributed by atoms with Crippen molar-refractivity contribution in [2.24, 2.45) is 0 Å². The summed E-state index contributed by atoms with van der Waals surface area (Å²) in [5.41, 5.74) is 3.60. The van der Waals surface area contributed by atoms with E-state index >= 15 is 0 Å². The Labute approximate surface area is 172 Å². The number of benzene rings is 3. The van der Waals surface area contributed by atoms with Crippen molar-refractivity contribution in [3.05, 3.63) is 96.1 Å². The molecule has 0 radical (unpaired) electrons. The number of anilines is 1. The standard InChI is InChI=1S/C25H25NO3/c1-19(23-15-14-22(28-2)17-24(23)29-3)16-25(27)26(21-12-8-5-9-13-21)18-20-10-6-4-7-11-20/h4-17H,18H2,1-3H3/b19-16+. The van der Waals surface area contributed by atoms with Gasteiger partial charge in [-0.3, -0.25) is 4.79 Å². The number of hydrogen-bond acceptors (Lipinski definition) is 3. The zero-order chi connectivity index (χ0) is 20.6. The van der Waals surface area contributed by atoms with E-state index in [0.29, 0.717) is 18.0 Å². The fraction of sp³-hybridized carbons (Fsp3) is 0.160.